The van der Waals surface area contributed by atoms with Crippen LogP contribution in [0.4, 0.5) is 0 Å². The van der Waals surface area contributed by atoms with Crippen molar-refractivity contribution in [1.82, 2.24) is 4.98 Å². The number of phenolic OH excluding ortho intramolecular Hbond substituents is 1. The second-order valence-electron chi connectivity index (χ2n) is 4.36. The van der Waals surface area contributed by atoms with Gasteiger partial charge in [-0.1, -0.05) is 19.9 Å². The standard InChI is InChI=1S/C13H16N2O/c1-8(2)13(14)10-3-4-12(16)9-5-6-15-7-11(9)10/h3-8,13,16H,14H2,1-2H3. The summed E-state index contributed by atoms with van der Waals surface area (Å²) in [5, 5.41) is 11.5. The number of hydrogen-bond donors (Lipinski definition) is 2. The number of phenols is 1. The average molecular weight is 216 g/mol. The van der Waals surface area contributed by atoms with E-state index in [2.05, 4.69) is 18.8 Å². The molecule has 1 aromatic carbocycles. The van der Waals surface area contributed by atoms with Gasteiger partial charge in [-0.3, -0.25) is 4.98 Å². The summed E-state index contributed by atoms with van der Waals surface area (Å²) in [5.41, 5.74) is 7.18. The molecular formula is C13H16N2O. The lowest BCUT2D eigenvalue weighted by Gasteiger charge is -2.18. The maximum absolute atomic E-state index is 9.75. The zero-order chi connectivity index (χ0) is 11.7. The molecule has 1 atom stereocenters. The monoisotopic (exact) mass is 216 g/mol. The summed E-state index contributed by atoms with van der Waals surface area (Å²) in [7, 11) is 0. The van der Waals surface area contributed by atoms with E-state index in [1.807, 2.05) is 6.07 Å². The van der Waals surface area contributed by atoms with E-state index in [0.29, 0.717) is 5.92 Å². The summed E-state index contributed by atoms with van der Waals surface area (Å²) >= 11 is 0. The molecule has 1 heterocycles. The molecule has 2 rings (SSSR count). The Morgan fingerprint density at radius 2 is 1.94 bits per heavy atom. The Hall–Kier alpha value is -1.61. The third-order valence-electron chi connectivity index (χ3n) is 2.91. The summed E-state index contributed by atoms with van der Waals surface area (Å²) in [6.45, 7) is 4.17. The molecule has 0 aliphatic rings. The van der Waals surface area contributed by atoms with Crippen LogP contribution < -0.4 is 5.73 Å². The Bertz CT molecular complexity index is 508. The summed E-state index contributed by atoms with van der Waals surface area (Å²) in [6.07, 6.45) is 3.43. The minimum absolute atomic E-state index is 0.0349. The minimum Gasteiger partial charge on any atom is -0.507 e. The largest absolute Gasteiger partial charge is 0.507 e. The molecule has 0 fully saturated rings. The van der Waals surface area contributed by atoms with Crippen molar-refractivity contribution in [2.24, 2.45) is 11.7 Å². The van der Waals surface area contributed by atoms with Crippen LogP contribution in [0.25, 0.3) is 10.8 Å². The molecular weight excluding hydrogens is 200 g/mol. The van der Waals surface area contributed by atoms with Crippen LogP contribution in [0.15, 0.2) is 30.6 Å². The molecule has 0 amide bonds. The van der Waals surface area contributed by atoms with Crippen LogP contribution in [0.2, 0.25) is 0 Å². The average Bonchev–Trinajstić information content (AvgIpc) is 2.29. The van der Waals surface area contributed by atoms with Gasteiger partial charge >= 0.3 is 0 Å². The number of aromatic hydroxyl groups is 1. The molecule has 0 saturated heterocycles. The Balaban J connectivity index is 2.67. The first-order valence-corrected chi connectivity index (χ1v) is 5.42. The molecule has 3 nitrogen and oxygen atoms in total. The fourth-order valence-corrected chi connectivity index (χ4v) is 1.85. The Morgan fingerprint density at radius 3 is 2.62 bits per heavy atom. The second kappa shape index (κ2) is 4.10. The first-order chi connectivity index (χ1) is 7.61. The van der Waals surface area contributed by atoms with Gasteiger partial charge in [0.25, 0.3) is 0 Å². The highest BCUT2D eigenvalue weighted by atomic mass is 16.3. The van der Waals surface area contributed by atoms with Gasteiger partial charge in [0, 0.05) is 29.2 Å². The number of fused-ring (bicyclic) bond motifs is 1. The van der Waals surface area contributed by atoms with E-state index in [1.54, 1.807) is 24.5 Å². The summed E-state index contributed by atoms with van der Waals surface area (Å²) in [4.78, 5) is 4.09. The van der Waals surface area contributed by atoms with Gasteiger partial charge in [-0.25, -0.2) is 0 Å². The highest BCUT2D eigenvalue weighted by molar-refractivity contribution is 5.90. The van der Waals surface area contributed by atoms with Gasteiger partial charge in [-0.15, -0.1) is 0 Å². The van der Waals surface area contributed by atoms with E-state index >= 15 is 0 Å². The van der Waals surface area contributed by atoms with Gasteiger partial charge in [-0.2, -0.15) is 0 Å². The number of aromatic nitrogens is 1. The number of rotatable bonds is 2. The fraction of sp³-hybridized carbons (Fsp3) is 0.308. The lowest BCUT2D eigenvalue weighted by molar-refractivity contribution is 0.480. The predicted octanol–water partition coefficient (Wildman–Crippen LogP) is 2.60. The molecule has 2 aromatic rings. The lowest BCUT2D eigenvalue weighted by atomic mass is 9.93. The third-order valence-corrected chi connectivity index (χ3v) is 2.91. The van der Waals surface area contributed by atoms with Crippen molar-refractivity contribution in [2.75, 3.05) is 0 Å². The lowest BCUT2D eigenvalue weighted by Crippen LogP contribution is -2.16. The second-order valence-corrected chi connectivity index (χ2v) is 4.36. The molecule has 0 spiro atoms. The van der Waals surface area contributed by atoms with Crippen molar-refractivity contribution in [2.45, 2.75) is 19.9 Å². The zero-order valence-electron chi connectivity index (χ0n) is 9.51. The van der Waals surface area contributed by atoms with Crippen LogP contribution in [-0.4, -0.2) is 10.1 Å². The first-order valence-electron chi connectivity index (χ1n) is 5.42. The molecule has 16 heavy (non-hydrogen) atoms. The summed E-state index contributed by atoms with van der Waals surface area (Å²) < 4.78 is 0. The van der Waals surface area contributed by atoms with Crippen molar-refractivity contribution in [3.63, 3.8) is 0 Å². The summed E-state index contributed by atoms with van der Waals surface area (Å²) in [5.74, 6) is 0.630. The molecule has 3 N–H and O–H groups in total. The fourth-order valence-electron chi connectivity index (χ4n) is 1.85. The van der Waals surface area contributed by atoms with Crippen molar-refractivity contribution in [1.29, 1.82) is 0 Å². The molecule has 0 radical (unpaired) electrons. The maximum atomic E-state index is 9.75. The van der Waals surface area contributed by atoms with E-state index in [1.165, 1.54) is 0 Å². The van der Waals surface area contributed by atoms with Crippen molar-refractivity contribution >= 4 is 10.8 Å². The van der Waals surface area contributed by atoms with Crippen LogP contribution >= 0.6 is 0 Å². The van der Waals surface area contributed by atoms with Crippen LogP contribution in [0.1, 0.15) is 25.5 Å². The molecule has 0 saturated carbocycles. The normalized spacial score (nSPS) is 13.2. The van der Waals surface area contributed by atoms with Gasteiger partial charge < -0.3 is 10.8 Å². The Morgan fingerprint density at radius 1 is 1.19 bits per heavy atom. The minimum atomic E-state index is -0.0349. The first kappa shape index (κ1) is 10.9. The van der Waals surface area contributed by atoms with Gasteiger partial charge in [-0.05, 0) is 23.6 Å². The number of hydrogen-bond acceptors (Lipinski definition) is 3. The number of benzene rings is 1. The van der Waals surface area contributed by atoms with E-state index in [-0.39, 0.29) is 11.8 Å². The SMILES string of the molecule is CC(C)C(N)c1ccc(O)c2ccncc12. The van der Waals surface area contributed by atoms with Crippen molar-refractivity contribution in [3.05, 3.63) is 36.2 Å². The van der Waals surface area contributed by atoms with Crippen LogP contribution in [-0.2, 0) is 0 Å². The highest BCUT2D eigenvalue weighted by Crippen LogP contribution is 2.31. The van der Waals surface area contributed by atoms with Crippen LogP contribution in [0.5, 0.6) is 5.75 Å². The van der Waals surface area contributed by atoms with E-state index < -0.39 is 0 Å². The van der Waals surface area contributed by atoms with Crippen molar-refractivity contribution in [3.8, 4) is 5.75 Å². The Labute approximate surface area is 94.9 Å². The number of nitrogens with zero attached hydrogens (tertiary/aromatic N) is 1. The molecule has 0 aliphatic heterocycles. The quantitative estimate of drug-likeness (QED) is 0.811. The van der Waals surface area contributed by atoms with Crippen LogP contribution in [0.3, 0.4) is 0 Å². The maximum Gasteiger partial charge on any atom is 0.123 e. The molecule has 0 bridgehead atoms. The molecule has 84 valence electrons. The van der Waals surface area contributed by atoms with Gasteiger partial charge in [0.05, 0.1) is 0 Å². The Kier molecular flexibility index (Phi) is 2.79. The summed E-state index contributed by atoms with van der Waals surface area (Å²) in [6, 6.07) is 5.35. The zero-order valence-corrected chi connectivity index (χ0v) is 9.51. The smallest absolute Gasteiger partial charge is 0.123 e. The topological polar surface area (TPSA) is 59.1 Å². The van der Waals surface area contributed by atoms with Gasteiger partial charge in [0.1, 0.15) is 5.75 Å². The van der Waals surface area contributed by atoms with E-state index in [9.17, 15) is 5.11 Å². The molecule has 3 heteroatoms. The van der Waals surface area contributed by atoms with Gasteiger partial charge in [0.2, 0.25) is 0 Å². The number of pyridine rings is 1. The van der Waals surface area contributed by atoms with Crippen molar-refractivity contribution < 1.29 is 5.11 Å². The third kappa shape index (κ3) is 1.74. The highest BCUT2D eigenvalue weighted by Gasteiger charge is 2.14. The number of nitrogens with two attached hydrogens (primary N) is 1. The van der Waals surface area contributed by atoms with Crippen LogP contribution in [0, 0.1) is 5.92 Å². The molecule has 1 aromatic heterocycles. The molecule has 1 unspecified atom stereocenters. The van der Waals surface area contributed by atoms with E-state index in [0.717, 1.165) is 16.3 Å². The molecule has 0 aliphatic carbocycles. The van der Waals surface area contributed by atoms with Gasteiger partial charge in [0.15, 0.2) is 0 Å². The predicted molar refractivity (Wildman–Crippen MR) is 65.2 cm³/mol. The van der Waals surface area contributed by atoms with E-state index in [4.69, 9.17) is 5.73 Å².